The van der Waals surface area contributed by atoms with E-state index in [4.69, 9.17) is 10.5 Å². The van der Waals surface area contributed by atoms with Crippen molar-refractivity contribution in [1.82, 2.24) is 4.90 Å². The SMILES string of the molecule is Cc1ccccc1CN1CC(C)(CN)OC1=O. The van der Waals surface area contributed by atoms with Crippen molar-refractivity contribution in [3.63, 3.8) is 0 Å². The van der Waals surface area contributed by atoms with E-state index in [-0.39, 0.29) is 6.09 Å². The van der Waals surface area contributed by atoms with Crippen LogP contribution in [0, 0.1) is 6.92 Å². The third-order valence-electron chi connectivity index (χ3n) is 3.17. The molecule has 1 saturated heterocycles. The van der Waals surface area contributed by atoms with Crippen LogP contribution >= 0.6 is 0 Å². The van der Waals surface area contributed by atoms with Crippen LogP contribution in [-0.2, 0) is 11.3 Å². The fourth-order valence-electron chi connectivity index (χ4n) is 2.00. The number of ether oxygens (including phenoxy) is 1. The van der Waals surface area contributed by atoms with Crippen molar-refractivity contribution in [2.75, 3.05) is 13.1 Å². The molecule has 0 saturated carbocycles. The summed E-state index contributed by atoms with van der Waals surface area (Å²) in [5.41, 5.74) is 7.40. The Morgan fingerprint density at radius 3 is 2.76 bits per heavy atom. The number of amides is 1. The Bertz CT molecular complexity index is 433. The Morgan fingerprint density at radius 1 is 1.47 bits per heavy atom. The number of rotatable bonds is 3. The van der Waals surface area contributed by atoms with Crippen LogP contribution in [0.1, 0.15) is 18.1 Å². The van der Waals surface area contributed by atoms with Crippen molar-refractivity contribution in [3.05, 3.63) is 35.4 Å². The highest BCUT2D eigenvalue weighted by atomic mass is 16.6. The minimum atomic E-state index is -0.542. The zero-order chi connectivity index (χ0) is 12.5. The molecule has 2 rings (SSSR count). The van der Waals surface area contributed by atoms with Gasteiger partial charge in [0.25, 0.3) is 0 Å². The normalized spacial score (nSPS) is 23.9. The van der Waals surface area contributed by atoms with Gasteiger partial charge < -0.3 is 10.5 Å². The summed E-state index contributed by atoms with van der Waals surface area (Å²) in [6.45, 7) is 5.39. The van der Waals surface area contributed by atoms with Crippen LogP contribution in [0.4, 0.5) is 4.79 Å². The summed E-state index contributed by atoms with van der Waals surface area (Å²) in [5.74, 6) is 0. The van der Waals surface area contributed by atoms with Gasteiger partial charge in [0.1, 0.15) is 5.60 Å². The molecule has 0 radical (unpaired) electrons. The Labute approximate surface area is 101 Å². The molecule has 1 heterocycles. The lowest BCUT2D eigenvalue weighted by atomic mass is 10.1. The van der Waals surface area contributed by atoms with E-state index < -0.39 is 5.60 Å². The largest absolute Gasteiger partial charge is 0.440 e. The Hall–Kier alpha value is -1.55. The van der Waals surface area contributed by atoms with Crippen LogP contribution in [0.3, 0.4) is 0 Å². The molecule has 4 nitrogen and oxygen atoms in total. The smallest absolute Gasteiger partial charge is 0.410 e. The molecule has 0 aromatic heterocycles. The first kappa shape index (κ1) is 11.9. The number of carbonyl (C=O) groups excluding carboxylic acids is 1. The average Bonchev–Trinajstić information content (AvgIpc) is 2.58. The summed E-state index contributed by atoms with van der Waals surface area (Å²) in [5, 5.41) is 0. The maximum Gasteiger partial charge on any atom is 0.410 e. The van der Waals surface area contributed by atoms with Gasteiger partial charge in [0.2, 0.25) is 0 Å². The van der Waals surface area contributed by atoms with E-state index in [9.17, 15) is 4.79 Å². The second kappa shape index (κ2) is 4.37. The van der Waals surface area contributed by atoms with E-state index in [1.54, 1.807) is 4.90 Å². The summed E-state index contributed by atoms with van der Waals surface area (Å²) in [6, 6.07) is 8.04. The van der Waals surface area contributed by atoms with E-state index in [0.29, 0.717) is 19.6 Å². The summed E-state index contributed by atoms with van der Waals surface area (Å²) in [7, 11) is 0. The molecular weight excluding hydrogens is 216 g/mol. The number of nitrogens with zero attached hydrogens (tertiary/aromatic N) is 1. The molecule has 1 aromatic rings. The van der Waals surface area contributed by atoms with Crippen LogP contribution < -0.4 is 5.73 Å². The van der Waals surface area contributed by atoms with E-state index >= 15 is 0 Å². The quantitative estimate of drug-likeness (QED) is 0.865. The minimum absolute atomic E-state index is 0.277. The molecule has 0 aliphatic carbocycles. The predicted octanol–water partition coefficient (Wildman–Crippen LogP) is 1.66. The number of hydrogen-bond donors (Lipinski definition) is 1. The number of cyclic esters (lactones) is 1. The van der Waals surface area contributed by atoms with Crippen molar-refractivity contribution in [1.29, 1.82) is 0 Å². The molecule has 1 aliphatic rings. The first-order valence-electron chi connectivity index (χ1n) is 5.76. The van der Waals surface area contributed by atoms with E-state index in [2.05, 4.69) is 0 Å². The molecule has 1 fully saturated rings. The predicted molar refractivity (Wildman–Crippen MR) is 65.5 cm³/mol. The first-order valence-corrected chi connectivity index (χ1v) is 5.76. The number of nitrogens with two attached hydrogens (primary N) is 1. The number of carbonyl (C=O) groups is 1. The van der Waals surface area contributed by atoms with E-state index in [1.807, 2.05) is 38.1 Å². The van der Waals surface area contributed by atoms with E-state index in [1.165, 1.54) is 5.56 Å². The number of hydrogen-bond acceptors (Lipinski definition) is 3. The van der Waals surface area contributed by atoms with Gasteiger partial charge in [0.15, 0.2) is 0 Å². The lowest BCUT2D eigenvalue weighted by Gasteiger charge is -2.19. The monoisotopic (exact) mass is 234 g/mol. The van der Waals surface area contributed by atoms with Gasteiger partial charge in [0.05, 0.1) is 6.54 Å². The highest BCUT2D eigenvalue weighted by molar-refractivity contribution is 5.70. The van der Waals surface area contributed by atoms with Gasteiger partial charge in [-0.15, -0.1) is 0 Å². The maximum atomic E-state index is 11.7. The maximum absolute atomic E-state index is 11.7. The topological polar surface area (TPSA) is 55.6 Å². The van der Waals surface area contributed by atoms with Crippen LogP contribution in [0.5, 0.6) is 0 Å². The molecule has 0 spiro atoms. The molecular formula is C13H18N2O2. The number of aryl methyl sites for hydroxylation is 1. The molecule has 1 unspecified atom stereocenters. The van der Waals surface area contributed by atoms with Crippen molar-refractivity contribution in [3.8, 4) is 0 Å². The lowest BCUT2D eigenvalue weighted by Crippen LogP contribution is -2.38. The summed E-state index contributed by atoms with van der Waals surface area (Å²) in [4.78, 5) is 13.4. The second-order valence-electron chi connectivity index (χ2n) is 4.80. The van der Waals surface area contributed by atoms with Gasteiger partial charge in [-0.3, -0.25) is 4.90 Å². The summed E-state index contributed by atoms with van der Waals surface area (Å²) in [6.07, 6.45) is -0.277. The van der Waals surface area contributed by atoms with Crippen molar-refractivity contribution in [2.45, 2.75) is 26.0 Å². The van der Waals surface area contributed by atoms with Gasteiger partial charge in [-0.2, -0.15) is 0 Å². The fraction of sp³-hybridized carbons (Fsp3) is 0.462. The molecule has 92 valence electrons. The van der Waals surface area contributed by atoms with Crippen LogP contribution in [0.25, 0.3) is 0 Å². The zero-order valence-corrected chi connectivity index (χ0v) is 10.3. The third kappa shape index (κ3) is 2.42. The Balaban J connectivity index is 2.11. The fourth-order valence-corrected chi connectivity index (χ4v) is 2.00. The summed E-state index contributed by atoms with van der Waals surface area (Å²) >= 11 is 0. The van der Waals surface area contributed by atoms with Gasteiger partial charge in [-0.25, -0.2) is 4.79 Å². The molecule has 1 aliphatic heterocycles. The standard InChI is InChI=1S/C13H18N2O2/c1-10-5-3-4-6-11(10)7-15-9-13(2,8-14)17-12(15)16/h3-6H,7-9,14H2,1-2H3. The van der Waals surface area contributed by atoms with Crippen molar-refractivity contribution in [2.24, 2.45) is 5.73 Å². The average molecular weight is 234 g/mol. The molecule has 17 heavy (non-hydrogen) atoms. The lowest BCUT2D eigenvalue weighted by molar-refractivity contribution is 0.0781. The second-order valence-corrected chi connectivity index (χ2v) is 4.80. The van der Waals surface area contributed by atoms with Crippen LogP contribution in [-0.4, -0.2) is 29.7 Å². The minimum Gasteiger partial charge on any atom is -0.440 e. The zero-order valence-electron chi connectivity index (χ0n) is 10.3. The van der Waals surface area contributed by atoms with Crippen LogP contribution in [0.2, 0.25) is 0 Å². The molecule has 1 amide bonds. The molecule has 1 atom stereocenters. The molecule has 1 aromatic carbocycles. The van der Waals surface area contributed by atoms with Crippen molar-refractivity contribution >= 4 is 6.09 Å². The van der Waals surface area contributed by atoms with Crippen LogP contribution in [0.15, 0.2) is 24.3 Å². The van der Waals surface area contributed by atoms with Crippen molar-refractivity contribution < 1.29 is 9.53 Å². The van der Waals surface area contributed by atoms with Gasteiger partial charge in [-0.1, -0.05) is 24.3 Å². The first-order chi connectivity index (χ1) is 8.04. The van der Waals surface area contributed by atoms with E-state index in [0.717, 1.165) is 5.56 Å². The van der Waals surface area contributed by atoms with Gasteiger partial charge in [-0.05, 0) is 25.0 Å². The Morgan fingerprint density at radius 2 is 2.18 bits per heavy atom. The van der Waals surface area contributed by atoms with Gasteiger partial charge >= 0.3 is 6.09 Å². The third-order valence-corrected chi connectivity index (χ3v) is 3.17. The highest BCUT2D eigenvalue weighted by Crippen LogP contribution is 2.23. The molecule has 0 bridgehead atoms. The Kier molecular flexibility index (Phi) is 3.07. The molecule has 4 heteroatoms. The molecule has 2 N–H and O–H groups in total. The number of benzene rings is 1. The summed E-state index contributed by atoms with van der Waals surface area (Å²) < 4.78 is 5.28. The van der Waals surface area contributed by atoms with Gasteiger partial charge in [0, 0.05) is 13.1 Å². The highest BCUT2D eigenvalue weighted by Gasteiger charge is 2.40.